The van der Waals surface area contributed by atoms with Crippen molar-refractivity contribution in [2.24, 2.45) is 0 Å². The first-order valence-electron chi connectivity index (χ1n) is 9.35. The fraction of sp³-hybridized carbons (Fsp3) is 0.217. The molecule has 0 aliphatic rings. The number of ether oxygens (including phenoxy) is 2. The first kappa shape index (κ1) is 20.2. The van der Waals surface area contributed by atoms with E-state index in [-0.39, 0.29) is 11.5 Å². The third kappa shape index (κ3) is 4.85. The number of nitrogens with zero attached hydrogens (tertiary/aromatic N) is 1. The largest absolute Gasteiger partial charge is 0.497 e. The van der Waals surface area contributed by atoms with E-state index in [9.17, 15) is 9.59 Å². The number of anilines is 1. The maximum Gasteiger partial charge on any atom is 0.257 e. The average Bonchev–Trinajstić information content (AvgIpc) is 2.75. The number of carbonyl (C=O) groups is 1. The number of rotatable bonds is 7. The molecule has 0 aliphatic carbocycles. The smallest absolute Gasteiger partial charge is 0.257 e. The molecule has 6 heteroatoms. The molecule has 150 valence electrons. The second-order valence-electron chi connectivity index (χ2n) is 6.57. The van der Waals surface area contributed by atoms with E-state index in [4.69, 9.17) is 9.47 Å². The predicted octanol–water partition coefficient (Wildman–Crippen LogP) is 3.73. The zero-order valence-corrected chi connectivity index (χ0v) is 16.8. The van der Waals surface area contributed by atoms with Crippen LogP contribution in [-0.2, 0) is 13.0 Å². The second-order valence-corrected chi connectivity index (χ2v) is 6.57. The van der Waals surface area contributed by atoms with Crippen LogP contribution < -0.4 is 20.3 Å². The fourth-order valence-corrected chi connectivity index (χ4v) is 3.09. The van der Waals surface area contributed by atoms with Crippen LogP contribution in [0.3, 0.4) is 0 Å². The zero-order valence-electron chi connectivity index (χ0n) is 16.8. The average molecular weight is 392 g/mol. The van der Waals surface area contributed by atoms with Gasteiger partial charge in [0.15, 0.2) is 0 Å². The van der Waals surface area contributed by atoms with Crippen LogP contribution in [0.1, 0.15) is 28.4 Å². The molecule has 1 N–H and O–H groups in total. The Labute approximate surface area is 169 Å². The molecule has 0 saturated heterocycles. The van der Waals surface area contributed by atoms with Gasteiger partial charge in [-0.2, -0.15) is 0 Å². The minimum absolute atomic E-state index is 0.197. The first-order valence-corrected chi connectivity index (χ1v) is 9.35. The third-order valence-electron chi connectivity index (χ3n) is 4.66. The van der Waals surface area contributed by atoms with Gasteiger partial charge in [-0.3, -0.25) is 9.59 Å². The monoisotopic (exact) mass is 392 g/mol. The molecule has 6 nitrogen and oxygen atoms in total. The number of methoxy groups -OCH3 is 2. The molecule has 3 aromatic rings. The number of para-hydroxylation sites is 1. The van der Waals surface area contributed by atoms with E-state index in [0.29, 0.717) is 23.6 Å². The van der Waals surface area contributed by atoms with Crippen molar-refractivity contribution in [3.8, 4) is 11.5 Å². The van der Waals surface area contributed by atoms with Crippen LogP contribution in [0.4, 0.5) is 5.69 Å². The number of hydrogen-bond donors (Lipinski definition) is 1. The van der Waals surface area contributed by atoms with E-state index in [2.05, 4.69) is 5.32 Å². The molecule has 0 spiro atoms. The number of nitrogens with one attached hydrogen (secondary N) is 1. The highest BCUT2D eigenvalue weighted by Gasteiger charge is 2.11. The number of hydrogen-bond acceptors (Lipinski definition) is 4. The van der Waals surface area contributed by atoms with Crippen molar-refractivity contribution in [2.45, 2.75) is 19.9 Å². The maximum absolute atomic E-state index is 12.7. The molecule has 3 rings (SSSR count). The van der Waals surface area contributed by atoms with Gasteiger partial charge in [-0.05, 0) is 41.8 Å². The lowest BCUT2D eigenvalue weighted by Gasteiger charge is -2.12. The van der Waals surface area contributed by atoms with Crippen molar-refractivity contribution in [3.63, 3.8) is 0 Å². The van der Waals surface area contributed by atoms with Gasteiger partial charge < -0.3 is 19.4 Å². The van der Waals surface area contributed by atoms with Crippen LogP contribution >= 0.6 is 0 Å². The summed E-state index contributed by atoms with van der Waals surface area (Å²) in [7, 11) is 3.15. The van der Waals surface area contributed by atoms with Gasteiger partial charge in [0, 0.05) is 24.0 Å². The van der Waals surface area contributed by atoms with E-state index >= 15 is 0 Å². The normalized spacial score (nSPS) is 10.4. The molecule has 1 aromatic heterocycles. The highest BCUT2D eigenvalue weighted by molar-refractivity contribution is 6.04. The molecule has 0 fully saturated rings. The summed E-state index contributed by atoms with van der Waals surface area (Å²) in [6, 6.07) is 16.0. The summed E-state index contributed by atoms with van der Waals surface area (Å²) in [4.78, 5) is 25.1. The van der Waals surface area contributed by atoms with Gasteiger partial charge in [-0.1, -0.05) is 25.1 Å². The molecule has 0 atom stereocenters. The maximum atomic E-state index is 12.7. The molecule has 0 aliphatic heterocycles. The number of benzene rings is 2. The number of amides is 1. The Kier molecular flexibility index (Phi) is 6.34. The Morgan fingerprint density at radius 3 is 2.34 bits per heavy atom. The van der Waals surface area contributed by atoms with Crippen molar-refractivity contribution in [3.05, 3.63) is 87.8 Å². The topological polar surface area (TPSA) is 69.6 Å². The Hall–Kier alpha value is -3.54. The summed E-state index contributed by atoms with van der Waals surface area (Å²) >= 11 is 0. The lowest BCUT2D eigenvalue weighted by Crippen LogP contribution is -2.22. The SMILES string of the molecule is CCc1ccccc1NC(=O)c1ccc(=O)n(Cc2cc(OC)cc(OC)c2)c1. The number of aryl methyl sites for hydroxylation is 1. The predicted molar refractivity (Wildman–Crippen MR) is 113 cm³/mol. The molecular formula is C23H24N2O4. The minimum Gasteiger partial charge on any atom is -0.497 e. The van der Waals surface area contributed by atoms with E-state index < -0.39 is 0 Å². The molecule has 2 aromatic carbocycles. The lowest BCUT2D eigenvalue weighted by molar-refractivity contribution is 0.102. The van der Waals surface area contributed by atoms with Crippen LogP contribution in [0.25, 0.3) is 0 Å². The molecule has 1 amide bonds. The first-order chi connectivity index (χ1) is 14.0. The van der Waals surface area contributed by atoms with E-state index in [1.165, 1.54) is 16.7 Å². The van der Waals surface area contributed by atoms with E-state index in [1.54, 1.807) is 26.5 Å². The summed E-state index contributed by atoms with van der Waals surface area (Å²) in [5, 5.41) is 2.93. The summed E-state index contributed by atoms with van der Waals surface area (Å²) in [5.74, 6) is 1.01. The number of pyridine rings is 1. The molecule has 29 heavy (non-hydrogen) atoms. The fourth-order valence-electron chi connectivity index (χ4n) is 3.09. The van der Waals surface area contributed by atoms with E-state index in [1.807, 2.05) is 43.3 Å². The van der Waals surface area contributed by atoms with Crippen molar-refractivity contribution >= 4 is 11.6 Å². The van der Waals surface area contributed by atoms with Gasteiger partial charge in [-0.15, -0.1) is 0 Å². The van der Waals surface area contributed by atoms with Crippen molar-refractivity contribution in [1.29, 1.82) is 0 Å². The number of aromatic nitrogens is 1. The molecular weight excluding hydrogens is 368 g/mol. The third-order valence-corrected chi connectivity index (χ3v) is 4.66. The van der Waals surface area contributed by atoms with Gasteiger partial charge >= 0.3 is 0 Å². The molecule has 0 saturated carbocycles. The summed E-state index contributed by atoms with van der Waals surface area (Å²) in [5.41, 5.74) is 2.87. The van der Waals surface area contributed by atoms with E-state index in [0.717, 1.165) is 23.2 Å². The Balaban J connectivity index is 1.86. The van der Waals surface area contributed by atoms with Crippen LogP contribution in [0.5, 0.6) is 11.5 Å². The quantitative estimate of drug-likeness (QED) is 0.665. The molecule has 1 heterocycles. The van der Waals surface area contributed by atoms with Crippen LogP contribution in [0.15, 0.2) is 65.6 Å². The molecule has 0 unspecified atom stereocenters. The van der Waals surface area contributed by atoms with Gasteiger partial charge in [0.1, 0.15) is 11.5 Å². The van der Waals surface area contributed by atoms with Gasteiger partial charge in [-0.25, -0.2) is 0 Å². The minimum atomic E-state index is -0.261. The summed E-state index contributed by atoms with van der Waals surface area (Å²) in [6.45, 7) is 2.33. The number of carbonyl (C=O) groups excluding carboxylic acids is 1. The Morgan fingerprint density at radius 2 is 1.69 bits per heavy atom. The zero-order chi connectivity index (χ0) is 20.8. The standard InChI is InChI=1S/C23H24N2O4/c1-4-17-7-5-6-8-21(17)24-23(27)18-9-10-22(26)25(15-18)14-16-11-19(28-2)13-20(12-16)29-3/h5-13,15H,4,14H2,1-3H3,(H,24,27). The second kappa shape index (κ2) is 9.10. The highest BCUT2D eigenvalue weighted by Crippen LogP contribution is 2.23. The highest BCUT2D eigenvalue weighted by atomic mass is 16.5. The van der Waals surface area contributed by atoms with Crippen LogP contribution in [-0.4, -0.2) is 24.7 Å². The van der Waals surface area contributed by atoms with Gasteiger partial charge in [0.25, 0.3) is 11.5 Å². The van der Waals surface area contributed by atoms with Gasteiger partial charge in [0.2, 0.25) is 0 Å². The lowest BCUT2D eigenvalue weighted by atomic mass is 10.1. The molecule has 0 radical (unpaired) electrons. The Bertz CT molecular complexity index is 1050. The Morgan fingerprint density at radius 1 is 1.00 bits per heavy atom. The van der Waals surface area contributed by atoms with Crippen molar-refractivity contribution < 1.29 is 14.3 Å². The van der Waals surface area contributed by atoms with Crippen molar-refractivity contribution in [1.82, 2.24) is 4.57 Å². The van der Waals surface area contributed by atoms with Gasteiger partial charge in [0.05, 0.1) is 26.3 Å². The summed E-state index contributed by atoms with van der Waals surface area (Å²) < 4.78 is 12.1. The van der Waals surface area contributed by atoms with Crippen LogP contribution in [0, 0.1) is 0 Å². The van der Waals surface area contributed by atoms with Crippen LogP contribution in [0.2, 0.25) is 0 Å². The molecule has 0 bridgehead atoms. The summed E-state index contributed by atoms with van der Waals surface area (Å²) in [6.07, 6.45) is 2.38. The van der Waals surface area contributed by atoms with Crippen molar-refractivity contribution in [2.75, 3.05) is 19.5 Å².